The molecule has 0 saturated heterocycles. The van der Waals surface area contributed by atoms with Crippen LogP contribution in [0.1, 0.15) is 16.6 Å². The van der Waals surface area contributed by atoms with Gasteiger partial charge in [-0.3, -0.25) is 5.10 Å². The molecule has 23 heavy (non-hydrogen) atoms. The van der Waals surface area contributed by atoms with Crippen molar-refractivity contribution in [1.29, 1.82) is 0 Å². The van der Waals surface area contributed by atoms with Gasteiger partial charge in [0.05, 0.1) is 5.75 Å². The van der Waals surface area contributed by atoms with Crippen LogP contribution in [0.3, 0.4) is 0 Å². The van der Waals surface area contributed by atoms with Crippen LogP contribution in [0, 0.1) is 0 Å². The van der Waals surface area contributed by atoms with Gasteiger partial charge in [-0.1, -0.05) is 23.0 Å². The third kappa shape index (κ3) is 3.52. The molecule has 6 nitrogen and oxygen atoms in total. The third-order valence-electron chi connectivity index (χ3n) is 3.01. The van der Waals surface area contributed by atoms with Crippen LogP contribution in [0.2, 0.25) is 0 Å². The fourth-order valence-electron chi connectivity index (χ4n) is 1.95. The van der Waals surface area contributed by atoms with E-state index < -0.39 is 0 Å². The Kier molecular flexibility index (Phi) is 4.22. The van der Waals surface area contributed by atoms with E-state index in [4.69, 9.17) is 4.52 Å². The molecule has 4 rings (SSSR count). The number of aromatic amines is 1. The maximum Gasteiger partial charge on any atom is 0.237 e. The van der Waals surface area contributed by atoms with Crippen molar-refractivity contribution in [1.82, 2.24) is 25.3 Å². The molecule has 0 saturated carbocycles. The second-order valence-corrected chi connectivity index (χ2v) is 7.39. The second kappa shape index (κ2) is 6.65. The average Bonchev–Trinajstić information content (AvgIpc) is 3.33. The molecule has 0 fully saturated rings. The summed E-state index contributed by atoms with van der Waals surface area (Å²) in [7, 11) is 0. The van der Waals surface area contributed by atoms with Crippen LogP contribution in [-0.2, 0) is 12.2 Å². The molecule has 0 radical (unpaired) electrons. The van der Waals surface area contributed by atoms with E-state index in [9.17, 15) is 0 Å². The first-order chi connectivity index (χ1) is 11.4. The lowest BCUT2D eigenvalue weighted by molar-refractivity contribution is 0.391. The topological polar surface area (TPSA) is 80.5 Å². The number of rotatable bonds is 6. The van der Waals surface area contributed by atoms with E-state index in [0.29, 0.717) is 22.6 Å². The van der Waals surface area contributed by atoms with E-state index in [2.05, 4.69) is 36.8 Å². The smallest absolute Gasteiger partial charge is 0.237 e. The lowest BCUT2D eigenvalue weighted by Crippen LogP contribution is -1.87. The molecule has 1 N–H and O–H groups in total. The van der Waals surface area contributed by atoms with Crippen LogP contribution in [-0.4, -0.2) is 25.3 Å². The van der Waals surface area contributed by atoms with Gasteiger partial charge in [0.2, 0.25) is 16.9 Å². The van der Waals surface area contributed by atoms with Crippen molar-refractivity contribution in [3.05, 3.63) is 50.9 Å². The molecule has 0 unspecified atom stereocenters. The Balaban J connectivity index is 1.37. The Hall–Kier alpha value is -1.97. The Morgan fingerprint density at radius 2 is 2.22 bits per heavy atom. The average molecular weight is 361 g/mol. The Morgan fingerprint density at radius 1 is 1.22 bits per heavy atom. The summed E-state index contributed by atoms with van der Waals surface area (Å²) in [5, 5.41) is 17.9. The van der Waals surface area contributed by atoms with Crippen molar-refractivity contribution >= 4 is 34.4 Å². The van der Waals surface area contributed by atoms with Gasteiger partial charge >= 0.3 is 0 Å². The molecular formula is C14H11N5OS3. The van der Waals surface area contributed by atoms with Gasteiger partial charge in [-0.2, -0.15) is 16.3 Å². The standard InChI is InChI=1S/C14H11N5OS3/c1-2-10(22-4-1)6-11-15-14(18-17-11)23-8-12-16-13(19-20-12)9-3-5-21-7-9/h1-5,7H,6,8H2,(H,15,17,18). The summed E-state index contributed by atoms with van der Waals surface area (Å²) in [5.41, 5.74) is 0.978. The van der Waals surface area contributed by atoms with Crippen molar-refractivity contribution in [2.75, 3.05) is 0 Å². The first-order valence-electron chi connectivity index (χ1n) is 6.78. The van der Waals surface area contributed by atoms with Crippen molar-refractivity contribution in [2.45, 2.75) is 17.3 Å². The maximum absolute atomic E-state index is 5.26. The molecule has 0 aliphatic carbocycles. The quantitative estimate of drug-likeness (QED) is 0.525. The first-order valence-corrected chi connectivity index (χ1v) is 9.59. The van der Waals surface area contributed by atoms with Gasteiger partial charge in [-0.15, -0.1) is 16.4 Å². The molecule has 0 aliphatic rings. The fourth-order valence-corrected chi connectivity index (χ4v) is 3.95. The number of hydrogen-bond donors (Lipinski definition) is 1. The Labute approximate surface area is 144 Å². The number of aromatic nitrogens is 5. The summed E-state index contributed by atoms with van der Waals surface area (Å²) in [6.07, 6.45) is 0.772. The van der Waals surface area contributed by atoms with Crippen LogP contribution in [0.25, 0.3) is 11.4 Å². The summed E-state index contributed by atoms with van der Waals surface area (Å²) in [4.78, 5) is 10.1. The highest BCUT2D eigenvalue weighted by atomic mass is 32.2. The number of thioether (sulfide) groups is 1. The van der Waals surface area contributed by atoms with Crippen molar-refractivity contribution < 1.29 is 4.52 Å². The highest BCUT2D eigenvalue weighted by Gasteiger charge is 2.11. The van der Waals surface area contributed by atoms with E-state index >= 15 is 0 Å². The van der Waals surface area contributed by atoms with E-state index in [1.807, 2.05) is 22.9 Å². The summed E-state index contributed by atoms with van der Waals surface area (Å²) < 4.78 is 5.26. The summed E-state index contributed by atoms with van der Waals surface area (Å²) in [6.45, 7) is 0. The molecule has 9 heteroatoms. The summed E-state index contributed by atoms with van der Waals surface area (Å²) in [5.74, 6) is 2.60. The van der Waals surface area contributed by atoms with Gasteiger partial charge in [0.1, 0.15) is 5.82 Å². The van der Waals surface area contributed by atoms with E-state index in [0.717, 1.165) is 17.8 Å². The fraction of sp³-hybridized carbons (Fsp3) is 0.143. The first kappa shape index (κ1) is 14.6. The minimum absolute atomic E-state index is 0.549. The predicted molar refractivity (Wildman–Crippen MR) is 90.7 cm³/mol. The van der Waals surface area contributed by atoms with E-state index in [1.54, 1.807) is 22.7 Å². The second-order valence-electron chi connectivity index (χ2n) is 4.63. The van der Waals surface area contributed by atoms with Crippen LogP contribution in [0.15, 0.2) is 44.0 Å². The molecule has 0 bridgehead atoms. The highest BCUT2D eigenvalue weighted by molar-refractivity contribution is 7.98. The van der Waals surface area contributed by atoms with E-state index in [-0.39, 0.29) is 0 Å². The lowest BCUT2D eigenvalue weighted by atomic mass is 10.3. The van der Waals surface area contributed by atoms with Crippen LogP contribution >= 0.6 is 34.4 Å². The monoisotopic (exact) mass is 361 g/mol. The molecular weight excluding hydrogens is 350 g/mol. The largest absolute Gasteiger partial charge is 0.338 e. The minimum Gasteiger partial charge on any atom is -0.338 e. The van der Waals surface area contributed by atoms with Crippen molar-refractivity contribution in [3.8, 4) is 11.4 Å². The Bertz CT molecular complexity index is 866. The molecule has 4 aromatic rings. The molecule has 4 heterocycles. The molecule has 116 valence electrons. The molecule has 0 aromatic carbocycles. The number of H-pyrrole nitrogens is 1. The zero-order chi connectivity index (χ0) is 15.5. The zero-order valence-corrected chi connectivity index (χ0v) is 14.2. The highest BCUT2D eigenvalue weighted by Crippen LogP contribution is 2.23. The predicted octanol–water partition coefficient (Wildman–Crippen LogP) is 3.86. The number of hydrogen-bond acceptors (Lipinski definition) is 8. The number of nitrogens with zero attached hydrogens (tertiary/aromatic N) is 4. The van der Waals surface area contributed by atoms with Gasteiger partial charge in [0.25, 0.3) is 0 Å². The van der Waals surface area contributed by atoms with Gasteiger partial charge < -0.3 is 4.52 Å². The van der Waals surface area contributed by atoms with Crippen LogP contribution in [0.4, 0.5) is 0 Å². The van der Waals surface area contributed by atoms with Crippen LogP contribution in [0.5, 0.6) is 0 Å². The van der Waals surface area contributed by atoms with Gasteiger partial charge in [-0.25, -0.2) is 4.98 Å². The van der Waals surface area contributed by atoms with Gasteiger partial charge in [-0.05, 0) is 22.9 Å². The third-order valence-corrected chi connectivity index (χ3v) is 5.40. The van der Waals surface area contributed by atoms with Crippen molar-refractivity contribution in [2.24, 2.45) is 0 Å². The Morgan fingerprint density at radius 3 is 3.04 bits per heavy atom. The van der Waals surface area contributed by atoms with Crippen LogP contribution < -0.4 is 0 Å². The normalized spacial score (nSPS) is 11.1. The molecule has 0 atom stereocenters. The van der Waals surface area contributed by atoms with Gasteiger partial charge in [0.15, 0.2) is 0 Å². The molecule has 0 amide bonds. The van der Waals surface area contributed by atoms with E-state index in [1.165, 1.54) is 16.6 Å². The molecule has 0 spiro atoms. The zero-order valence-electron chi connectivity index (χ0n) is 11.8. The number of thiophene rings is 2. The minimum atomic E-state index is 0.549. The maximum atomic E-state index is 5.26. The van der Waals surface area contributed by atoms with Crippen molar-refractivity contribution in [3.63, 3.8) is 0 Å². The summed E-state index contributed by atoms with van der Waals surface area (Å²) in [6, 6.07) is 6.09. The number of nitrogens with one attached hydrogen (secondary N) is 1. The van der Waals surface area contributed by atoms with Gasteiger partial charge in [0, 0.05) is 22.2 Å². The summed E-state index contributed by atoms with van der Waals surface area (Å²) >= 11 is 4.79. The SMILES string of the molecule is c1csc(Cc2nc(SCc3nc(-c4ccsc4)no3)n[nH]2)c1. The lowest BCUT2D eigenvalue weighted by Gasteiger charge is -1.91. The molecule has 4 aromatic heterocycles. The molecule has 0 aliphatic heterocycles.